The largest absolute Gasteiger partial charge is 0.472 e. The predicted molar refractivity (Wildman–Crippen MR) is 114 cm³/mol. The van der Waals surface area contributed by atoms with E-state index in [0.29, 0.717) is 25.4 Å². The van der Waals surface area contributed by atoms with E-state index < -0.39 is 6.04 Å². The van der Waals surface area contributed by atoms with Crippen LogP contribution in [0.3, 0.4) is 0 Å². The number of hydrogen-bond acceptors (Lipinski definition) is 6. The zero-order chi connectivity index (χ0) is 21.5. The molecule has 3 aliphatic heterocycles. The number of anilines is 1. The molecule has 0 radical (unpaired) electrons. The lowest BCUT2D eigenvalue weighted by Crippen LogP contribution is -2.68. The highest BCUT2D eigenvalue weighted by Gasteiger charge is 2.52. The van der Waals surface area contributed by atoms with Gasteiger partial charge in [0.05, 0.1) is 18.2 Å². The summed E-state index contributed by atoms with van der Waals surface area (Å²) in [6, 6.07) is 5.55. The van der Waals surface area contributed by atoms with Crippen LogP contribution in [-0.4, -0.2) is 64.0 Å². The van der Waals surface area contributed by atoms with E-state index in [-0.39, 0.29) is 23.8 Å². The quantitative estimate of drug-likeness (QED) is 0.750. The predicted octanol–water partition coefficient (Wildman–Crippen LogP) is 2.24. The van der Waals surface area contributed by atoms with E-state index in [9.17, 15) is 9.59 Å². The molecule has 0 aromatic carbocycles. The van der Waals surface area contributed by atoms with Gasteiger partial charge >= 0.3 is 0 Å². The third-order valence-corrected chi connectivity index (χ3v) is 7.08. The molecule has 8 heteroatoms. The third-order valence-electron chi connectivity index (χ3n) is 7.08. The Morgan fingerprint density at radius 1 is 1.23 bits per heavy atom. The molecule has 0 unspecified atom stereocenters. The van der Waals surface area contributed by atoms with Crippen molar-refractivity contribution in [3.8, 4) is 0 Å². The highest BCUT2D eigenvalue weighted by molar-refractivity contribution is 5.89. The van der Waals surface area contributed by atoms with Crippen LogP contribution in [0, 0.1) is 18.8 Å². The maximum absolute atomic E-state index is 13.7. The number of fused-ring (bicyclic) bond motifs is 4. The average molecular weight is 424 g/mol. The third kappa shape index (κ3) is 3.68. The van der Waals surface area contributed by atoms with E-state index in [2.05, 4.69) is 15.1 Å². The molecule has 2 aromatic rings. The minimum Gasteiger partial charge on any atom is -0.472 e. The van der Waals surface area contributed by atoms with Gasteiger partial charge in [-0.05, 0) is 50.3 Å². The lowest BCUT2D eigenvalue weighted by Gasteiger charge is -2.56. The lowest BCUT2D eigenvalue weighted by molar-refractivity contribution is -0.160. The van der Waals surface area contributed by atoms with Gasteiger partial charge in [0.25, 0.3) is 0 Å². The topological polar surface area (TPSA) is 82.8 Å². The van der Waals surface area contributed by atoms with E-state index in [4.69, 9.17) is 4.42 Å². The van der Waals surface area contributed by atoms with Gasteiger partial charge in [0.2, 0.25) is 11.8 Å². The van der Waals surface area contributed by atoms with Gasteiger partial charge in [0, 0.05) is 50.6 Å². The van der Waals surface area contributed by atoms with Crippen molar-refractivity contribution in [2.45, 2.75) is 51.2 Å². The number of furan rings is 1. The highest BCUT2D eigenvalue weighted by atomic mass is 16.3. The number of hydrogen-bond donors (Lipinski definition) is 0. The molecule has 3 saturated heterocycles. The summed E-state index contributed by atoms with van der Waals surface area (Å²) in [4.78, 5) is 32.6. The summed E-state index contributed by atoms with van der Waals surface area (Å²) in [5.74, 6) is 1.44. The van der Waals surface area contributed by atoms with Crippen LogP contribution in [-0.2, 0) is 16.1 Å². The minimum atomic E-state index is -0.424. The second-order valence-electron chi connectivity index (χ2n) is 9.23. The molecule has 3 fully saturated rings. The van der Waals surface area contributed by atoms with Gasteiger partial charge in [0.15, 0.2) is 5.82 Å². The number of likely N-dealkylation sites (N-methyl/N-ethyl adjacent to an activating group) is 1. The number of aryl methyl sites for hydroxylation is 1. The Kier molecular flexibility index (Phi) is 5.16. The summed E-state index contributed by atoms with van der Waals surface area (Å²) in [7, 11) is 1.82. The van der Waals surface area contributed by atoms with Crippen LogP contribution in [0.15, 0.2) is 35.1 Å². The molecule has 5 heterocycles. The smallest absolute Gasteiger partial charge is 0.245 e. The van der Waals surface area contributed by atoms with Gasteiger partial charge in [-0.3, -0.25) is 9.59 Å². The maximum atomic E-state index is 13.7. The summed E-state index contributed by atoms with van der Waals surface area (Å²) < 4.78 is 5.16. The standard InChI is InChI=1S/C23H29N5O3/c1-15-6-7-20(25-24-15)27-12-17-10-18(13-27)22(28-19(17)4-3-5-21(28)29)23(30)26(2)11-16-8-9-31-14-16/h6-9,14,17-19,22H,3-5,10-13H2,1-2H3/t17-,18+,19+,22-/m1/s1. The number of rotatable bonds is 4. The number of carbonyl (C=O) groups excluding carboxylic acids is 2. The molecule has 31 heavy (non-hydrogen) atoms. The zero-order valence-electron chi connectivity index (χ0n) is 18.1. The molecule has 5 rings (SSSR count). The monoisotopic (exact) mass is 423 g/mol. The fourth-order valence-corrected chi connectivity index (χ4v) is 5.68. The molecular formula is C23H29N5O3. The Hall–Kier alpha value is -2.90. The molecular weight excluding hydrogens is 394 g/mol. The van der Waals surface area contributed by atoms with Crippen LogP contribution >= 0.6 is 0 Å². The number of piperidine rings is 3. The summed E-state index contributed by atoms with van der Waals surface area (Å²) in [6.07, 6.45) is 6.65. The fraction of sp³-hybridized carbons (Fsp3) is 0.565. The molecule has 0 spiro atoms. The Balaban J connectivity index is 1.44. The van der Waals surface area contributed by atoms with E-state index in [1.165, 1.54) is 0 Å². The van der Waals surface area contributed by atoms with Gasteiger partial charge in [-0.25, -0.2) is 0 Å². The molecule has 4 atom stereocenters. The second-order valence-corrected chi connectivity index (χ2v) is 9.23. The van der Waals surface area contributed by atoms with Crippen LogP contribution < -0.4 is 4.90 Å². The molecule has 8 nitrogen and oxygen atoms in total. The summed E-state index contributed by atoms with van der Waals surface area (Å²) in [5, 5.41) is 8.62. The SMILES string of the molecule is Cc1ccc(N2C[C@H]3C[C@@H](C2)[C@H](C(=O)N(C)Cc2ccoc2)N2C(=O)CCC[C@@H]32)nn1. The van der Waals surface area contributed by atoms with Crippen LogP contribution in [0.5, 0.6) is 0 Å². The van der Waals surface area contributed by atoms with E-state index >= 15 is 0 Å². The van der Waals surface area contributed by atoms with Crippen LogP contribution in [0.25, 0.3) is 0 Å². The summed E-state index contributed by atoms with van der Waals surface area (Å²) >= 11 is 0. The molecule has 3 aliphatic rings. The van der Waals surface area contributed by atoms with Gasteiger partial charge in [0.1, 0.15) is 6.04 Å². The van der Waals surface area contributed by atoms with Crippen LogP contribution in [0.1, 0.15) is 36.9 Å². The highest BCUT2D eigenvalue weighted by Crippen LogP contribution is 2.42. The maximum Gasteiger partial charge on any atom is 0.245 e. The molecule has 2 aromatic heterocycles. The van der Waals surface area contributed by atoms with Crippen molar-refractivity contribution in [3.63, 3.8) is 0 Å². The molecule has 0 N–H and O–H groups in total. The first-order valence-corrected chi connectivity index (χ1v) is 11.1. The van der Waals surface area contributed by atoms with E-state index in [1.54, 1.807) is 17.4 Å². The van der Waals surface area contributed by atoms with Crippen molar-refractivity contribution in [1.82, 2.24) is 20.0 Å². The Bertz CT molecular complexity index is 945. The van der Waals surface area contributed by atoms with Crippen molar-refractivity contribution in [2.24, 2.45) is 11.8 Å². The Morgan fingerprint density at radius 3 is 2.81 bits per heavy atom. The molecule has 2 bridgehead atoms. The summed E-state index contributed by atoms with van der Waals surface area (Å²) in [6.45, 7) is 3.97. The van der Waals surface area contributed by atoms with Gasteiger partial charge in [-0.2, -0.15) is 5.10 Å². The Labute approximate surface area is 182 Å². The average Bonchev–Trinajstić information content (AvgIpc) is 3.27. The molecule has 164 valence electrons. The second kappa shape index (κ2) is 7.98. The first kappa shape index (κ1) is 20.0. The normalized spacial score (nSPS) is 27.7. The van der Waals surface area contributed by atoms with E-state index in [0.717, 1.165) is 42.9 Å². The molecule has 0 aliphatic carbocycles. The Morgan fingerprint density at radius 2 is 2.06 bits per heavy atom. The van der Waals surface area contributed by atoms with Crippen molar-refractivity contribution < 1.29 is 14.0 Å². The van der Waals surface area contributed by atoms with Gasteiger partial charge in [-0.1, -0.05) is 0 Å². The first-order chi connectivity index (χ1) is 15.0. The fourth-order valence-electron chi connectivity index (χ4n) is 5.68. The van der Waals surface area contributed by atoms with Gasteiger partial charge in [-0.15, -0.1) is 5.10 Å². The van der Waals surface area contributed by atoms with Crippen LogP contribution in [0.4, 0.5) is 5.82 Å². The first-order valence-electron chi connectivity index (χ1n) is 11.1. The number of amides is 2. The van der Waals surface area contributed by atoms with Crippen LogP contribution in [0.2, 0.25) is 0 Å². The lowest BCUT2D eigenvalue weighted by atomic mass is 9.71. The molecule has 2 amide bonds. The number of carbonyl (C=O) groups is 2. The molecule has 0 saturated carbocycles. The summed E-state index contributed by atoms with van der Waals surface area (Å²) in [5.41, 5.74) is 1.84. The van der Waals surface area contributed by atoms with E-state index in [1.807, 2.05) is 37.1 Å². The number of nitrogens with zero attached hydrogens (tertiary/aromatic N) is 5. The zero-order valence-corrected chi connectivity index (χ0v) is 18.1. The van der Waals surface area contributed by atoms with Gasteiger partial charge < -0.3 is 19.1 Å². The minimum absolute atomic E-state index is 0.0155. The number of aromatic nitrogens is 2. The van der Waals surface area contributed by atoms with Crippen molar-refractivity contribution in [3.05, 3.63) is 42.0 Å². The van der Waals surface area contributed by atoms with Crippen molar-refractivity contribution >= 4 is 17.6 Å². The van der Waals surface area contributed by atoms with Crippen molar-refractivity contribution in [2.75, 3.05) is 25.0 Å². The van der Waals surface area contributed by atoms with Crippen molar-refractivity contribution in [1.29, 1.82) is 0 Å².